The van der Waals surface area contributed by atoms with E-state index in [9.17, 15) is 10.1 Å². The molecule has 2 aromatic rings. The summed E-state index contributed by atoms with van der Waals surface area (Å²) in [5, 5.41) is 9.28. The summed E-state index contributed by atoms with van der Waals surface area (Å²) in [4.78, 5) is 17.0. The first-order chi connectivity index (χ1) is 13.2. The molecule has 1 spiro atoms. The van der Waals surface area contributed by atoms with Crippen molar-refractivity contribution in [2.24, 2.45) is 5.41 Å². The minimum Gasteiger partial charge on any atom is -0.338 e. The van der Waals surface area contributed by atoms with Gasteiger partial charge < -0.3 is 4.90 Å². The number of nitrogens with zero attached hydrogens (tertiary/aromatic N) is 3. The molecule has 2 aliphatic rings. The number of rotatable bonds is 4. The van der Waals surface area contributed by atoms with Crippen LogP contribution in [0.4, 0.5) is 0 Å². The number of amides is 1. The predicted octanol–water partition coefficient (Wildman–Crippen LogP) is 3.57. The summed E-state index contributed by atoms with van der Waals surface area (Å²) in [6, 6.07) is 20.4. The fourth-order valence-electron chi connectivity index (χ4n) is 4.46. The number of hydrogen-bond donors (Lipinski definition) is 0. The normalized spacial score (nSPS) is 19.4. The van der Waals surface area contributed by atoms with Gasteiger partial charge in [0.15, 0.2) is 0 Å². The van der Waals surface area contributed by atoms with Gasteiger partial charge in [-0.2, -0.15) is 5.26 Å². The van der Waals surface area contributed by atoms with Gasteiger partial charge in [0.25, 0.3) is 0 Å². The number of piperidine rings is 1. The quantitative estimate of drug-likeness (QED) is 0.838. The van der Waals surface area contributed by atoms with Crippen molar-refractivity contribution in [2.45, 2.75) is 32.4 Å². The summed E-state index contributed by atoms with van der Waals surface area (Å²) in [5.41, 5.74) is 3.21. The van der Waals surface area contributed by atoms with Crippen LogP contribution in [0.15, 0.2) is 54.6 Å². The topological polar surface area (TPSA) is 47.3 Å². The molecular formula is C23H25N3O. The van der Waals surface area contributed by atoms with Crippen LogP contribution in [0.3, 0.4) is 0 Å². The molecular weight excluding hydrogens is 334 g/mol. The molecule has 2 aromatic carbocycles. The number of hydrogen-bond acceptors (Lipinski definition) is 3. The molecule has 0 unspecified atom stereocenters. The standard InChI is InChI=1S/C23H25N3O/c24-15-20-8-4-5-9-21(20)17-25-12-10-23(11-13-25)14-22(27)26(18-23)16-19-6-2-1-3-7-19/h1-9H,10-14,16-18H2. The molecule has 0 aliphatic carbocycles. The number of benzene rings is 2. The van der Waals surface area contributed by atoms with Crippen LogP contribution in [0.2, 0.25) is 0 Å². The summed E-state index contributed by atoms with van der Waals surface area (Å²) in [7, 11) is 0. The zero-order chi connectivity index (χ0) is 18.7. The van der Waals surface area contributed by atoms with Crippen molar-refractivity contribution in [3.63, 3.8) is 0 Å². The van der Waals surface area contributed by atoms with Gasteiger partial charge in [0.05, 0.1) is 11.6 Å². The zero-order valence-electron chi connectivity index (χ0n) is 15.6. The SMILES string of the molecule is N#Cc1ccccc1CN1CCC2(CC1)CC(=O)N(Cc1ccccc1)C2. The molecule has 0 aromatic heterocycles. The Morgan fingerprint density at radius 3 is 2.41 bits per heavy atom. The number of carbonyl (C=O) groups excluding carboxylic acids is 1. The molecule has 2 aliphatic heterocycles. The molecule has 2 fully saturated rings. The number of carbonyl (C=O) groups is 1. The number of likely N-dealkylation sites (tertiary alicyclic amines) is 2. The Bertz CT molecular complexity index is 847. The maximum Gasteiger partial charge on any atom is 0.223 e. The van der Waals surface area contributed by atoms with Crippen LogP contribution < -0.4 is 0 Å². The lowest BCUT2D eigenvalue weighted by Gasteiger charge is -2.39. The Morgan fingerprint density at radius 1 is 0.963 bits per heavy atom. The fourth-order valence-corrected chi connectivity index (χ4v) is 4.46. The Hall–Kier alpha value is -2.64. The third kappa shape index (κ3) is 3.89. The number of nitriles is 1. The molecule has 138 valence electrons. The van der Waals surface area contributed by atoms with E-state index in [1.807, 2.05) is 47.4 Å². The third-order valence-corrected chi connectivity index (χ3v) is 6.07. The summed E-state index contributed by atoms with van der Waals surface area (Å²) < 4.78 is 0. The van der Waals surface area contributed by atoms with E-state index in [-0.39, 0.29) is 5.41 Å². The van der Waals surface area contributed by atoms with E-state index >= 15 is 0 Å². The van der Waals surface area contributed by atoms with Gasteiger partial charge in [-0.3, -0.25) is 9.69 Å². The Morgan fingerprint density at radius 2 is 1.67 bits per heavy atom. The molecule has 0 saturated carbocycles. The summed E-state index contributed by atoms with van der Waals surface area (Å²) in [6.45, 7) is 4.41. The minimum atomic E-state index is 0.136. The van der Waals surface area contributed by atoms with E-state index in [1.54, 1.807) is 0 Å². The summed E-state index contributed by atoms with van der Waals surface area (Å²) >= 11 is 0. The first kappa shape index (κ1) is 17.8. The molecule has 4 nitrogen and oxygen atoms in total. The van der Waals surface area contributed by atoms with Crippen molar-refractivity contribution >= 4 is 5.91 Å². The molecule has 0 atom stereocenters. The van der Waals surface area contributed by atoms with Crippen LogP contribution in [-0.2, 0) is 17.9 Å². The van der Waals surface area contributed by atoms with Gasteiger partial charge in [-0.05, 0) is 48.5 Å². The van der Waals surface area contributed by atoms with E-state index in [0.29, 0.717) is 12.3 Å². The van der Waals surface area contributed by atoms with Crippen molar-refractivity contribution in [1.82, 2.24) is 9.80 Å². The molecule has 2 saturated heterocycles. The highest BCUT2D eigenvalue weighted by atomic mass is 16.2. The zero-order valence-corrected chi connectivity index (χ0v) is 15.6. The van der Waals surface area contributed by atoms with Crippen LogP contribution >= 0.6 is 0 Å². The maximum atomic E-state index is 12.6. The molecule has 1 amide bonds. The van der Waals surface area contributed by atoms with Crippen LogP contribution in [0.1, 0.15) is 36.0 Å². The maximum absolute atomic E-state index is 12.6. The smallest absolute Gasteiger partial charge is 0.223 e. The van der Waals surface area contributed by atoms with Crippen LogP contribution in [-0.4, -0.2) is 35.3 Å². The van der Waals surface area contributed by atoms with E-state index in [4.69, 9.17) is 0 Å². The van der Waals surface area contributed by atoms with Gasteiger partial charge in [0.2, 0.25) is 5.91 Å². The highest BCUT2D eigenvalue weighted by Crippen LogP contribution is 2.41. The van der Waals surface area contributed by atoms with Crippen LogP contribution in [0, 0.1) is 16.7 Å². The first-order valence-corrected chi connectivity index (χ1v) is 9.70. The average Bonchev–Trinajstić information content (AvgIpc) is 3.00. The van der Waals surface area contributed by atoms with Crippen LogP contribution in [0.5, 0.6) is 0 Å². The van der Waals surface area contributed by atoms with E-state index in [0.717, 1.165) is 56.7 Å². The second-order valence-corrected chi connectivity index (χ2v) is 7.96. The lowest BCUT2D eigenvalue weighted by Crippen LogP contribution is -2.41. The molecule has 2 heterocycles. The highest BCUT2D eigenvalue weighted by Gasteiger charge is 2.44. The van der Waals surface area contributed by atoms with Crippen molar-refractivity contribution < 1.29 is 4.79 Å². The average molecular weight is 359 g/mol. The lowest BCUT2D eigenvalue weighted by atomic mass is 9.77. The van der Waals surface area contributed by atoms with Crippen molar-refractivity contribution in [2.75, 3.05) is 19.6 Å². The van der Waals surface area contributed by atoms with Crippen molar-refractivity contribution in [3.05, 3.63) is 71.3 Å². The van der Waals surface area contributed by atoms with Gasteiger partial charge in [0.1, 0.15) is 0 Å². The van der Waals surface area contributed by atoms with E-state index < -0.39 is 0 Å². The van der Waals surface area contributed by atoms with Gasteiger partial charge >= 0.3 is 0 Å². The van der Waals surface area contributed by atoms with Crippen LogP contribution in [0.25, 0.3) is 0 Å². The Balaban J connectivity index is 1.36. The molecule has 0 bridgehead atoms. The molecule has 0 N–H and O–H groups in total. The minimum absolute atomic E-state index is 0.136. The van der Waals surface area contributed by atoms with Gasteiger partial charge in [-0.25, -0.2) is 0 Å². The van der Waals surface area contributed by atoms with Crippen molar-refractivity contribution in [3.8, 4) is 6.07 Å². The third-order valence-electron chi connectivity index (χ3n) is 6.07. The second kappa shape index (κ2) is 7.54. The molecule has 4 rings (SSSR count). The Kier molecular flexibility index (Phi) is 4.96. The highest BCUT2D eigenvalue weighted by molar-refractivity contribution is 5.79. The van der Waals surface area contributed by atoms with E-state index in [1.165, 1.54) is 5.56 Å². The monoisotopic (exact) mass is 359 g/mol. The Labute approximate surface area is 161 Å². The molecule has 0 radical (unpaired) electrons. The molecule has 4 heteroatoms. The lowest BCUT2D eigenvalue weighted by molar-refractivity contribution is -0.128. The second-order valence-electron chi connectivity index (χ2n) is 7.96. The fraction of sp³-hybridized carbons (Fsp3) is 0.391. The van der Waals surface area contributed by atoms with Gasteiger partial charge in [0, 0.05) is 26.1 Å². The first-order valence-electron chi connectivity index (χ1n) is 9.70. The molecule has 27 heavy (non-hydrogen) atoms. The van der Waals surface area contributed by atoms with E-state index in [2.05, 4.69) is 23.1 Å². The summed E-state index contributed by atoms with van der Waals surface area (Å²) in [6.07, 6.45) is 2.79. The largest absolute Gasteiger partial charge is 0.338 e. The summed E-state index contributed by atoms with van der Waals surface area (Å²) in [5.74, 6) is 0.294. The van der Waals surface area contributed by atoms with Gasteiger partial charge in [-0.1, -0.05) is 48.5 Å². The van der Waals surface area contributed by atoms with Crippen molar-refractivity contribution in [1.29, 1.82) is 5.26 Å². The van der Waals surface area contributed by atoms with Gasteiger partial charge in [-0.15, -0.1) is 0 Å². The predicted molar refractivity (Wildman–Crippen MR) is 105 cm³/mol.